The molecule has 0 bridgehead atoms. The van der Waals surface area contributed by atoms with Crippen molar-refractivity contribution in [2.75, 3.05) is 19.6 Å². The predicted octanol–water partition coefficient (Wildman–Crippen LogP) is 2.33. The number of urea groups is 1. The molecule has 3 aliphatic rings. The summed E-state index contributed by atoms with van der Waals surface area (Å²) in [5.74, 6) is 0. The molecule has 1 N–H and O–H groups in total. The highest BCUT2D eigenvalue weighted by molar-refractivity contribution is 5.78. The van der Waals surface area contributed by atoms with Gasteiger partial charge in [0.15, 0.2) is 0 Å². The molecule has 1 aromatic rings. The summed E-state index contributed by atoms with van der Waals surface area (Å²) in [5, 5.41) is 3.11. The molecule has 2 aliphatic heterocycles. The number of nitrogens with zero attached hydrogens (tertiary/aromatic N) is 4. The lowest BCUT2D eigenvalue weighted by Gasteiger charge is -2.37. The van der Waals surface area contributed by atoms with E-state index in [4.69, 9.17) is 0 Å². The second kappa shape index (κ2) is 6.74. The first kappa shape index (κ1) is 15.9. The lowest BCUT2D eigenvalue weighted by molar-refractivity contribution is 0.130. The quantitative estimate of drug-likeness (QED) is 0.852. The standard InChI is InChI=1S/C18H23N5O2/c24-17-20-16-4-2-1-3-14(16)5-11-23(17)15-6-9-21(10-7-15)18(25)22-12-8-19-13-22/h1,3,8,12-13,15H,2,4-7,9-11H2,(H,20,24). The molecule has 0 atom stereocenters. The van der Waals surface area contributed by atoms with Crippen molar-refractivity contribution in [1.82, 2.24) is 24.7 Å². The number of rotatable bonds is 1. The van der Waals surface area contributed by atoms with Crippen LogP contribution in [-0.4, -0.2) is 57.1 Å². The Labute approximate surface area is 147 Å². The van der Waals surface area contributed by atoms with Crippen LogP contribution in [0.25, 0.3) is 0 Å². The minimum atomic E-state index is -0.0430. The lowest BCUT2D eigenvalue weighted by atomic mass is 10.0. The number of amides is 3. The Bertz CT molecular complexity index is 714. The number of aromatic nitrogens is 2. The molecule has 1 fully saturated rings. The summed E-state index contributed by atoms with van der Waals surface area (Å²) < 4.78 is 1.50. The van der Waals surface area contributed by atoms with Gasteiger partial charge in [-0.1, -0.05) is 12.2 Å². The number of allylic oxidation sites excluding steroid dienone is 3. The number of likely N-dealkylation sites (tertiary alicyclic amines) is 1. The Morgan fingerprint density at radius 2 is 2.04 bits per heavy atom. The van der Waals surface area contributed by atoms with Gasteiger partial charge in [0, 0.05) is 43.8 Å². The molecule has 7 heteroatoms. The molecule has 3 amide bonds. The molecule has 3 heterocycles. The Balaban J connectivity index is 1.37. The van der Waals surface area contributed by atoms with Crippen molar-refractivity contribution in [2.24, 2.45) is 0 Å². The van der Waals surface area contributed by atoms with Crippen molar-refractivity contribution < 1.29 is 9.59 Å². The molecule has 0 spiro atoms. The molecule has 1 aromatic heterocycles. The summed E-state index contributed by atoms with van der Waals surface area (Å²) in [6, 6.07) is 0.162. The molecule has 4 rings (SSSR count). The summed E-state index contributed by atoms with van der Waals surface area (Å²) in [4.78, 5) is 32.7. The monoisotopic (exact) mass is 341 g/mol. The number of carbonyl (C=O) groups is 2. The number of nitrogens with one attached hydrogen (secondary N) is 1. The van der Waals surface area contributed by atoms with Crippen LogP contribution < -0.4 is 5.32 Å². The first-order valence-electron chi connectivity index (χ1n) is 8.96. The van der Waals surface area contributed by atoms with Gasteiger partial charge in [-0.2, -0.15) is 0 Å². The maximum atomic E-state index is 12.6. The summed E-state index contributed by atoms with van der Waals surface area (Å²) in [7, 11) is 0. The highest BCUT2D eigenvalue weighted by Crippen LogP contribution is 2.26. The first-order valence-corrected chi connectivity index (χ1v) is 8.96. The Morgan fingerprint density at radius 3 is 2.80 bits per heavy atom. The number of hydrogen-bond donors (Lipinski definition) is 1. The van der Waals surface area contributed by atoms with Crippen LogP contribution in [0.3, 0.4) is 0 Å². The Hall–Kier alpha value is -2.57. The molecular weight excluding hydrogens is 318 g/mol. The third kappa shape index (κ3) is 3.18. The van der Waals surface area contributed by atoms with Crippen LogP contribution >= 0.6 is 0 Å². The smallest absolute Gasteiger partial charge is 0.324 e. The lowest BCUT2D eigenvalue weighted by Crippen LogP contribution is -2.51. The zero-order valence-corrected chi connectivity index (χ0v) is 14.2. The first-order chi connectivity index (χ1) is 12.2. The molecule has 0 radical (unpaired) electrons. The van der Waals surface area contributed by atoms with E-state index in [0.29, 0.717) is 13.1 Å². The van der Waals surface area contributed by atoms with E-state index in [2.05, 4.69) is 22.5 Å². The van der Waals surface area contributed by atoms with Gasteiger partial charge in [-0.3, -0.25) is 4.57 Å². The van der Waals surface area contributed by atoms with Crippen LogP contribution in [-0.2, 0) is 0 Å². The summed E-state index contributed by atoms with van der Waals surface area (Å²) >= 11 is 0. The average Bonchev–Trinajstić information content (AvgIpc) is 3.12. The fraction of sp³-hybridized carbons (Fsp3) is 0.500. The molecule has 132 valence electrons. The maximum Gasteiger partial charge on any atom is 0.329 e. The predicted molar refractivity (Wildman–Crippen MR) is 92.9 cm³/mol. The number of imidazole rings is 1. The van der Waals surface area contributed by atoms with E-state index in [1.165, 1.54) is 16.5 Å². The van der Waals surface area contributed by atoms with E-state index in [9.17, 15) is 9.59 Å². The zero-order chi connectivity index (χ0) is 17.2. The van der Waals surface area contributed by atoms with E-state index in [-0.39, 0.29) is 18.1 Å². The highest BCUT2D eigenvalue weighted by atomic mass is 16.2. The van der Waals surface area contributed by atoms with Crippen molar-refractivity contribution in [3.8, 4) is 0 Å². The second-order valence-corrected chi connectivity index (χ2v) is 6.79. The van der Waals surface area contributed by atoms with Gasteiger partial charge in [0.2, 0.25) is 0 Å². The zero-order valence-electron chi connectivity index (χ0n) is 14.2. The van der Waals surface area contributed by atoms with Crippen LogP contribution in [0.2, 0.25) is 0 Å². The van der Waals surface area contributed by atoms with E-state index in [1.807, 2.05) is 9.80 Å². The Morgan fingerprint density at radius 1 is 1.20 bits per heavy atom. The number of hydrogen-bond acceptors (Lipinski definition) is 3. The molecule has 25 heavy (non-hydrogen) atoms. The van der Waals surface area contributed by atoms with Crippen LogP contribution in [0, 0.1) is 0 Å². The Kier molecular flexibility index (Phi) is 4.29. The van der Waals surface area contributed by atoms with Crippen molar-refractivity contribution in [3.05, 3.63) is 42.1 Å². The van der Waals surface area contributed by atoms with Crippen molar-refractivity contribution in [1.29, 1.82) is 0 Å². The average molecular weight is 341 g/mol. The number of carbonyl (C=O) groups excluding carboxylic acids is 2. The van der Waals surface area contributed by atoms with Gasteiger partial charge in [0.1, 0.15) is 6.33 Å². The van der Waals surface area contributed by atoms with Gasteiger partial charge < -0.3 is 15.1 Å². The van der Waals surface area contributed by atoms with Crippen molar-refractivity contribution in [3.63, 3.8) is 0 Å². The van der Waals surface area contributed by atoms with Gasteiger partial charge in [0.25, 0.3) is 0 Å². The van der Waals surface area contributed by atoms with Crippen LogP contribution in [0.5, 0.6) is 0 Å². The molecule has 0 aromatic carbocycles. The van der Waals surface area contributed by atoms with Gasteiger partial charge >= 0.3 is 12.1 Å². The highest BCUT2D eigenvalue weighted by Gasteiger charge is 2.32. The minimum absolute atomic E-state index is 0.0136. The molecule has 1 aliphatic carbocycles. The third-order valence-corrected chi connectivity index (χ3v) is 5.31. The van der Waals surface area contributed by atoms with Crippen LogP contribution in [0.1, 0.15) is 32.1 Å². The third-order valence-electron chi connectivity index (χ3n) is 5.31. The van der Waals surface area contributed by atoms with E-state index >= 15 is 0 Å². The van der Waals surface area contributed by atoms with E-state index in [0.717, 1.165) is 44.3 Å². The maximum absolute atomic E-state index is 12.6. The van der Waals surface area contributed by atoms with Crippen molar-refractivity contribution >= 4 is 12.1 Å². The topological polar surface area (TPSA) is 70.5 Å². The molecule has 7 nitrogen and oxygen atoms in total. The molecule has 0 saturated carbocycles. The van der Waals surface area contributed by atoms with Crippen molar-refractivity contribution in [2.45, 2.75) is 38.1 Å². The minimum Gasteiger partial charge on any atom is -0.324 e. The molecular formula is C18H23N5O2. The van der Waals surface area contributed by atoms with E-state index < -0.39 is 0 Å². The fourth-order valence-corrected chi connectivity index (χ4v) is 3.89. The second-order valence-electron chi connectivity index (χ2n) is 6.79. The molecule has 1 saturated heterocycles. The van der Waals surface area contributed by atoms with Gasteiger partial charge in [-0.05, 0) is 37.7 Å². The fourth-order valence-electron chi connectivity index (χ4n) is 3.89. The van der Waals surface area contributed by atoms with Crippen LogP contribution in [0.15, 0.2) is 42.1 Å². The normalized spacial score (nSPS) is 21.8. The van der Waals surface area contributed by atoms with Gasteiger partial charge in [-0.15, -0.1) is 0 Å². The summed E-state index contributed by atoms with van der Waals surface area (Å²) in [6.07, 6.45) is 13.6. The van der Waals surface area contributed by atoms with E-state index in [1.54, 1.807) is 12.4 Å². The summed E-state index contributed by atoms with van der Waals surface area (Å²) in [6.45, 7) is 2.08. The summed E-state index contributed by atoms with van der Waals surface area (Å²) in [5.41, 5.74) is 2.34. The molecule has 0 unspecified atom stereocenters. The SMILES string of the molecule is O=C1NC2=C(C=CCC2)CCN1C1CCN(C(=O)n2ccnc2)CC1. The van der Waals surface area contributed by atoms with Crippen LogP contribution in [0.4, 0.5) is 9.59 Å². The largest absolute Gasteiger partial charge is 0.329 e. The van der Waals surface area contributed by atoms with Gasteiger partial charge in [0.05, 0.1) is 0 Å². The van der Waals surface area contributed by atoms with Gasteiger partial charge in [-0.25, -0.2) is 14.6 Å². The number of piperidine rings is 1.